The number of amides is 3. The monoisotopic (exact) mass is 569 g/mol. The van der Waals surface area contributed by atoms with Gasteiger partial charge in [-0.05, 0) is 50.0 Å². The van der Waals surface area contributed by atoms with Crippen LogP contribution >= 0.6 is 11.3 Å². The minimum absolute atomic E-state index is 0.171. The molecule has 9 heteroatoms. The quantitative estimate of drug-likeness (QED) is 0.290. The number of nitrogens with zero attached hydrogens (tertiary/aromatic N) is 2. The zero-order chi connectivity index (χ0) is 29.1. The van der Waals surface area contributed by atoms with Crippen molar-refractivity contribution in [3.05, 3.63) is 40.9 Å². The fraction of sp³-hybridized carbons (Fsp3) is 0.613. The molecule has 1 saturated carbocycles. The first kappa shape index (κ1) is 31.7. The van der Waals surface area contributed by atoms with Gasteiger partial charge in [-0.25, -0.2) is 4.98 Å². The summed E-state index contributed by atoms with van der Waals surface area (Å²) in [5.74, 6) is 0.357. The summed E-state index contributed by atoms with van der Waals surface area (Å²) in [6.45, 7) is 7.13. The lowest BCUT2D eigenvalue weighted by atomic mass is 9.84. The molecule has 0 unspecified atom stereocenters. The number of rotatable bonds is 14. The van der Waals surface area contributed by atoms with Gasteiger partial charge in [0.05, 0.1) is 15.2 Å². The SMILES string of the molecule is CCC(=O)N[C@@H](Cc1nc2ccc(C(C)C)cc2s1)C(=O)N[C@H](CNC(=O)/C=C/CN(C)C)CC1CCCCC1. The lowest BCUT2D eigenvalue weighted by molar-refractivity contribution is -0.129. The number of fused-ring (bicyclic) bond motifs is 1. The van der Waals surface area contributed by atoms with Crippen molar-refractivity contribution in [2.24, 2.45) is 5.92 Å². The van der Waals surface area contributed by atoms with E-state index in [4.69, 9.17) is 4.98 Å². The molecule has 220 valence electrons. The molecule has 0 saturated heterocycles. The third-order valence-electron chi connectivity index (χ3n) is 7.43. The molecule has 1 heterocycles. The number of thiazole rings is 1. The van der Waals surface area contributed by atoms with Crippen molar-refractivity contribution in [3.63, 3.8) is 0 Å². The molecule has 0 spiro atoms. The molecule has 2 atom stereocenters. The molecule has 1 aliphatic rings. The summed E-state index contributed by atoms with van der Waals surface area (Å²) >= 11 is 1.57. The summed E-state index contributed by atoms with van der Waals surface area (Å²) in [6, 6.07) is 5.34. The summed E-state index contributed by atoms with van der Waals surface area (Å²) in [4.78, 5) is 45.2. The molecule has 3 N–H and O–H groups in total. The van der Waals surface area contributed by atoms with E-state index in [9.17, 15) is 14.4 Å². The van der Waals surface area contributed by atoms with Crippen LogP contribution in [-0.2, 0) is 20.8 Å². The second-order valence-electron chi connectivity index (χ2n) is 11.5. The first-order valence-corrected chi connectivity index (χ1v) is 15.5. The van der Waals surface area contributed by atoms with Gasteiger partial charge in [-0.15, -0.1) is 11.3 Å². The van der Waals surface area contributed by atoms with Crippen molar-refractivity contribution in [3.8, 4) is 0 Å². The Labute approximate surface area is 243 Å². The summed E-state index contributed by atoms with van der Waals surface area (Å²) in [5.41, 5.74) is 2.16. The van der Waals surface area contributed by atoms with Crippen LogP contribution in [0.25, 0.3) is 10.2 Å². The highest BCUT2D eigenvalue weighted by molar-refractivity contribution is 7.18. The van der Waals surface area contributed by atoms with E-state index in [-0.39, 0.29) is 23.8 Å². The molecular formula is C31H47N5O3S. The van der Waals surface area contributed by atoms with Crippen LogP contribution in [-0.4, -0.2) is 66.9 Å². The van der Waals surface area contributed by atoms with Gasteiger partial charge < -0.3 is 20.9 Å². The largest absolute Gasteiger partial charge is 0.351 e. The van der Waals surface area contributed by atoms with Gasteiger partial charge in [0.15, 0.2) is 0 Å². The molecule has 1 aromatic carbocycles. The molecule has 3 rings (SSSR count). The van der Waals surface area contributed by atoms with Crippen molar-refractivity contribution < 1.29 is 14.4 Å². The van der Waals surface area contributed by atoms with E-state index in [2.05, 4.69) is 41.9 Å². The normalized spacial score (nSPS) is 16.0. The van der Waals surface area contributed by atoms with Crippen LogP contribution in [0.1, 0.15) is 82.2 Å². The number of carbonyl (C=O) groups excluding carboxylic acids is 3. The summed E-state index contributed by atoms with van der Waals surface area (Å²) in [7, 11) is 3.89. The van der Waals surface area contributed by atoms with Crippen LogP contribution in [0.2, 0.25) is 0 Å². The molecule has 1 aliphatic carbocycles. The minimum Gasteiger partial charge on any atom is -0.351 e. The van der Waals surface area contributed by atoms with E-state index >= 15 is 0 Å². The van der Waals surface area contributed by atoms with Crippen LogP contribution < -0.4 is 16.0 Å². The Morgan fingerprint density at radius 3 is 2.55 bits per heavy atom. The number of nitrogens with one attached hydrogen (secondary N) is 3. The van der Waals surface area contributed by atoms with Gasteiger partial charge in [-0.3, -0.25) is 14.4 Å². The Morgan fingerprint density at radius 2 is 1.88 bits per heavy atom. The highest BCUT2D eigenvalue weighted by Crippen LogP contribution is 2.28. The Bertz CT molecular complexity index is 1150. The first-order valence-electron chi connectivity index (χ1n) is 14.7. The van der Waals surface area contributed by atoms with Crippen molar-refractivity contribution >= 4 is 39.3 Å². The van der Waals surface area contributed by atoms with Crippen molar-refractivity contribution in [1.82, 2.24) is 25.8 Å². The smallest absolute Gasteiger partial charge is 0.243 e. The molecule has 40 heavy (non-hydrogen) atoms. The lowest BCUT2D eigenvalue weighted by Crippen LogP contribution is -2.53. The summed E-state index contributed by atoms with van der Waals surface area (Å²) in [6.07, 6.45) is 10.7. The predicted octanol–water partition coefficient (Wildman–Crippen LogP) is 4.55. The molecule has 1 aromatic heterocycles. The Balaban J connectivity index is 1.73. The standard InChI is InChI=1S/C31H47N5O3S/c1-6-28(37)34-26(19-30-35-25-15-14-23(21(2)3)18-27(25)40-30)31(39)33-24(17-22-11-8-7-9-12-22)20-32-29(38)13-10-16-36(4)5/h10,13-15,18,21-22,24,26H,6-9,11-12,16-17,19-20H2,1-5H3,(H,32,38)(H,33,39)(H,34,37)/b13-10+/t24-,26-/m0/s1. The maximum absolute atomic E-state index is 13.6. The van der Waals surface area contributed by atoms with Crippen molar-refractivity contribution in [2.75, 3.05) is 27.2 Å². The number of carbonyl (C=O) groups is 3. The van der Waals surface area contributed by atoms with Gasteiger partial charge >= 0.3 is 0 Å². The van der Waals surface area contributed by atoms with Crippen LogP contribution in [0, 0.1) is 5.92 Å². The number of likely N-dealkylation sites (N-methyl/N-ethyl adjacent to an activating group) is 1. The lowest BCUT2D eigenvalue weighted by Gasteiger charge is -2.28. The van der Waals surface area contributed by atoms with Gasteiger partial charge in [0, 0.05) is 38.0 Å². The molecular weight excluding hydrogens is 522 g/mol. The van der Waals surface area contributed by atoms with Crippen LogP contribution in [0.3, 0.4) is 0 Å². The van der Waals surface area contributed by atoms with E-state index in [1.54, 1.807) is 24.3 Å². The van der Waals surface area contributed by atoms with Gasteiger partial charge in [-0.2, -0.15) is 0 Å². The number of aromatic nitrogens is 1. The second kappa shape index (κ2) is 15.9. The Morgan fingerprint density at radius 1 is 1.12 bits per heavy atom. The van der Waals surface area contributed by atoms with E-state index in [0.717, 1.165) is 34.5 Å². The highest BCUT2D eigenvalue weighted by Gasteiger charge is 2.27. The summed E-state index contributed by atoms with van der Waals surface area (Å²) < 4.78 is 1.09. The van der Waals surface area contributed by atoms with Crippen molar-refractivity contribution in [1.29, 1.82) is 0 Å². The Kier molecular flexibility index (Phi) is 12.6. The zero-order valence-corrected chi connectivity index (χ0v) is 25.6. The summed E-state index contributed by atoms with van der Waals surface area (Å²) in [5, 5.41) is 9.87. The maximum Gasteiger partial charge on any atom is 0.243 e. The number of hydrogen-bond acceptors (Lipinski definition) is 6. The minimum atomic E-state index is -0.734. The average Bonchev–Trinajstić information content (AvgIpc) is 3.33. The van der Waals surface area contributed by atoms with E-state index in [1.807, 2.05) is 31.1 Å². The molecule has 0 radical (unpaired) electrons. The van der Waals surface area contributed by atoms with Gasteiger partial charge in [-0.1, -0.05) is 65.0 Å². The number of benzene rings is 1. The van der Waals surface area contributed by atoms with Crippen molar-refractivity contribution in [2.45, 2.75) is 90.1 Å². The fourth-order valence-electron chi connectivity index (χ4n) is 5.09. The Hall–Kier alpha value is -2.78. The third-order valence-corrected chi connectivity index (χ3v) is 8.47. The second-order valence-corrected chi connectivity index (χ2v) is 12.6. The molecule has 0 bridgehead atoms. The van der Waals surface area contributed by atoms with Crippen LogP contribution in [0.15, 0.2) is 30.4 Å². The molecule has 3 amide bonds. The predicted molar refractivity (Wildman–Crippen MR) is 163 cm³/mol. The topological polar surface area (TPSA) is 103 Å². The van der Waals surface area contributed by atoms with Gasteiger partial charge in [0.1, 0.15) is 6.04 Å². The molecule has 1 fully saturated rings. The molecule has 8 nitrogen and oxygen atoms in total. The van der Waals surface area contributed by atoms with Gasteiger partial charge in [0.25, 0.3) is 0 Å². The van der Waals surface area contributed by atoms with E-state index in [1.165, 1.54) is 24.8 Å². The fourth-order valence-corrected chi connectivity index (χ4v) is 6.15. The highest BCUT2D eigenvalue weighted by atomic mass is 32.1. The zero-order valence-electron chi connectivity index (χ0n) is 24.8. The number of hydrogen-bond donors (Lipinski definition) is 3. The first-order chi connectivity index (χ1) is 19.1. The van der Waals surface area contributed by atoms with E-state index < -0.39 is 6.04 Å². The average molecular weight is 570 g/mol. The molecule has 2 aromatic rings. The van der Waals surface area contributed by atoms with Crippen LogP contribution in [0.4, 0.5) is 0 Å². The van der Waals surface area contributed by atoms with E-state index in [0.29, 0.717) is 37.8 Å². The third kappa shape index (κ3) is 10.3. The maximum atomic E-state index is 13.6. The van der Waals surface area contributed by atoms with Crippen LogP contribution in [0.5, 0.6) is 0 Å². The molecule has 0 aliphatic heterocycles. The van der Waals surface area contributed by atoms with Gasteiger partial charge in [0.2, 0.25) is 17.7 Å².